The lowest BCUT2D eigenvalue weighted by Gasteiger charge is -2.09. The van der Waals surface area contributed by atoms with E-state index in [1.165, 1.54) is 0 Å². The Morgan fingerprint density at radius 1 is 1.42 bits per heavy atom. The second kappa shape index (κ2) is 3.33. The molecule has 0 heterocycles. The average molecular weight is 187 g/mol. The van der Waals surface area contributed by atoms with Crippen molar-refractivity contribution in [3.8, 4) is 5.75 Å². The van der Waals surface area contributed by atoms with E-state index in [1.54, 1.807) is 19.9 Å². The highest BCUT2D eigenvalue weighted by atomic mass is 35.5. The summed E-state index contributed by atoms with van der Waals surface area (Å²) < 4.78 is 0. The van der Waals surface area contributed by atoms with E-state index in [0.717, 1.165) is 5.56 Å². The van der Waals surface area contributed by atoms with Crippen molar-refractivity contribution in [1.82, 2.24) is 0 Å². The van der Waals surface area contributed by atoms with Crippen LogP contribution in [0.4, 0.5) is 0 Å². The second-order valence-electron chi connectivity index (χ2n) is 2.79. The predicted octanol–water partition coefficient (Wildman–Crippen LogP) is 2.15. The first-order valence-electron chi connectivity index (χ1n) is 3.66. The third kappa shape index (κ3) is 1.40. The smallest absolute Gasteiger partial charge is 0.125 e. The molecule has 66 valence electrons. The molecule has 0 aliphatic rings. The minimum Gasteiger partial charge on any atom is -0.507 e. The summed E-state index contributed by atoms with van der Waals surface area (Å²) in [7, 11) is 0. The van der Waals surface area contributed by atoms with Gasteiger partial charge in [0, 0.05) is 16.1 Å². The Kier molecular flexibility index (Phi) is 2.60. The van der Waals surface area contributed by atoms with Gasteiger partial charge in [0.25, 0.3) is 0 Å². The first kappa shape index (κ1) is 9.36. The zero-order valence-corrected chi connectivity index (χ0v) is 7.81. The molecule has 0 fully saturated rings. The molecule has 2 N–H and O–H groups in total. The van der Waals surface area contributed by atoms with E-state index in [1.807, 2.05) is 0 Å². The molecule has 0 aliphatic heterocycles. The number of aromatic hydroxyl groups is 1. The zero-order chi connectivity index (χ0) is 9.30. The Morgan fingerprint density at radius 2 is 2.00 bits per heavy atom. The van der Waals surface area contributed by atoms with Crippen molar-refractivity contribution in [3.63, 3.8) is 0 Å². The third-order valence-electron chi connectivity index (χ3n) is 1.98. The van der Waals surface area contributed by atoms with Crippen LogP contribution in [0.5, 0.6) is 5.75 Å². The monoisotopic (exact) mass is 186 g/mol. The molecular formula is C9H11ClO2. The topological polar surface area (TPSA) is 40.5 Å². The standard InChI is InChI=1S/C9H11ClO2/c1-5-3-8(10)6(2)9(12)7(5)4-11/h3,11-12H,4H2,1-2H3. The minimum absolute atomic E-state index is 0.0995. The van der Waals surface area contributed by atoms with Crippen molar-refractivity contribution in [2.45, 2.75) is 20.5 Å². The van der Waals surface area contributed by atoms with Crippen LogP contribution in [0.15, 0.2) is 6.07 Å². The molecule has 0 saturated heterocycles. The van der Waals surface area contributed by atoms with Crippen LogP contribution in [0.25, 0.3) is 0 Å². The van der Waals surface area contributed by atoms with Crippen LogP contribution in [0.1, 0.15) is 16.7 Å². The highest BCUT2D eigenvalue weighted by molar-refractivity contribution is 6.31. The Bertz CT molecular complexity index is 308. The zero-order valence-electron chi connectivity index (χ0n) is 7.06. The quantitative estimate of drug-likeness (QED) is 0.706. The van der Waals surface area contributed by atoms with Crippen molar-refractivity contribution in [3.05, 3.63) is 27.8 Å². The number of halogens is 1. The van der Waals surface area contributed by atoms with Gasteiger partial charge in [-0.25, -0.2) is 0 Å². The summed E-state index contributed by atoms with van der Waals surface area (Å²) in [5.41, 5.74) is 1.98. The summed E-state index contributed by atoms with van der Waals surface area (Å²) in [5, 5.41) is 19.0. The van der Waals surface area contributed by atoms with E-state index in [9.17, 15) is 5.11 Å². The summed E-state index contributed by atoms with van der Waals surface area (Å²) in [6.07, 6.45) is 0. The molecule has 0 amide bonds. The van der Waals surface area contributed by atoms with Gasteiger partial charge >= 0.3 is 0 Å². The first-order valence-corrected chi connectivity index (χ1v) is 4.04. The Hall–Kier alpha value is -0.730. The molecule has 1 rings (SSSR count). The number of benzene rings is 1. The van der Waals surface area contributed by atoms with Crippen LogP contribution in [0, 0.1) is 13.8 Å². The van der Waals surface area contributed by atoms with Gasteiger partial charge in [-0.15, -0.1) is 0 Å². The maximum absolute atomic E-state index is 9.51. The summed E-state index contributed by atoms with van der Waals surface area (Å²) in [4.78, 5) is 0. The minimum atomic E-state index is -0.157. The summed E-state index contributed by atoms with van der Waals surface area (Å²) in [6.45, 7) is 3.36. The van der Waals surface area contributed by atoms with E-state index in [4.69, 9.17) is 16.7 Å². The maximum Gasteiger partial charge on any atom is 0.125 e. The molecule has 1 aromatic carbocycles. The van der Waals surface area contributed by atoms with Crippen LogP contribution in [-0.2, 0) is 6.61 Å². The summed E-state index contributed by atoms with van der Waals surface area (Å²) >= 11 is 5.81. The van der Waals surface area contributed by atoms with Crippen LogP contribution >= 0.6 is 11.6 Å². The number of rotatable bonds is 1. The molecule has 0 radical (unpaired) electrons. The van der Waals surface area contributed by atoms with Crippen molar-refractivity contribution in [2.24, 2.45) is 0 Å². The molecule has 0 aliphatic carbocycles. The van der Waals surface area contributed by atoms with Gasteiger partial charge in [-0.3, -0.25) is 0 Å². The molecule has 3 heteroatoms. The lowest BCUT2D eigenvalue weighted by molar-refractivity contribution is 0.274. The number of aliphatic hydroxyl groups is 1. The Morgan fingerprint density at radius 3 is 2.50 bits per heavy atom. The van der Waals surface area contributed by atoms with E-state index in [0.29, 0.717) is 16.1 Å². The van der Waals surface area contributed by atoms with Crippen LogP contribution in [0.2, 0.25) is 5.02 Å². The molecule has 2 nitrogen and oxygen atoms in total. The molecule has 0 spiro atoms. The predicted molar refractivity (Wildman–Crippen MR) is 48.5 cm³/mol. The van der Waals surface area contributed by atoms with Gasteiger partial charge in [-0.05, 0) is 25.5 Å². The highest BCUT2D eigenvalue weighted by Gasteiger charge is 2.09. The van der Waals surface area contributed by atoms with E-state index in [2.05, 4.69) is 0 Å². The molecular weight excluding hydrogens is 176 g/mol. The lowest BCUT2D eigenvalue weighted by atomic mass is 10.0. The van der Waals surface area contributed by atoms with Crippen molar-refractivity contribution >= 4 is 11.6 Å². The number of phenols is 1. The van der Waals surface area contributed by atoms with Gasteiger partial charge in [-0.1, -0.05) is 11.6 Å². The van der Waals surface area contributed by atoms with Crippen LogP contribution < -0.4 is 0 Å². The number of hydrogen-bond donors (Lipinski definition) is 2. The fourth-order valence-electron chi connectivity index (χ4n) is 1.11. The molecule has 0 unspecified atom stereocenters. The van der Waals surface area contributed by atoms with Gasteiger partial charge < -0.3 is 10.2 Å². The van der Waals surface area contributed by atoms with Gasteiger partial charge in [0.15, 0.2) is 0 Å². The average Bonchev–Trinajstić information content (AvgIpc) is 2.01. The van der Waals surface area contributed by atoms with E-state index >= 15 is 0 Å². The number of aryl methyl sites for hydroxylation is 1. The van der Waals surface area contributed by atoms with Gasteiger partial charge in [0.05, 0.1) is 6.61 Å². The molecule has 1 aromatic rings. The molecule has 0 aromatic heterocycles. The fraction of sp³-hybridized carbons (Fsp3) is 0.333. The Labute approximate surface area is 76.4 Å². The molecule has 0 atom stereocenters. The van der Waals surface area contributed by atoms with Crippen LogP contribution in [-0.4, -0.2) is 10.2 Å². The lowest BCUT2D eigenvalue weighted by Crippen LogP contribution is -1.92. The fourth-order valence-corrected chi connectivity index (χ4v) is 1.36. The number of hydrogen-bond acceptors (Lipinski definition) is 2. The molecule has 0 bridgehead atoms. The second-order valence-corrected chi connectivity index (χ2v) is 3.19. The Balaban J connectivity index is 3.40. The van der Waals surface area contributed by atoms with Gasteiger partial charge in [0.1, 0.15) is 5.75 Å². The SMILES string of the molecule is Cc1cc(Cl)c(C)c(O)c1CO. The highest BCUT2D eigenvalue weighted by Crippen LogP contribution is 2.31. The van der Waals surface area contributed by atoms with E-state index in [-0.39, 0.29) is 12.4 Å². The summed E-state index contributed by atoms with van der Waals surface area (Å²) in [5.74, 6) is 0.0995. The largest absolute Gasteiger partial charge is 0.507 e. The van der Waals surface area contributed by atoms with Crippen LogP contribution in [0.3, 0.4) is 0 Å². The van der Waals surface area contributed by atoms with Crippen molar-refractivity contribution < 1.29 is 10.2 Å². The van der Waals surface area contributed by atoms with Gasteiger partial charge in [-0.2, -0.15) is 0 Å². The maximum atomic E-state index is 9.51. The van der Waals surface area contributed by atoms with Gasteiger partial charge in [0.2, 0.25) is 0 Å². The number of aliphatic hydroxyl groups excluding tert-OH is 1. The first-order chi connectivity index (χ1) is 5.57. The molecule has 12 heavy (non-hydrogen) atoms. The van der Waals surface area contributed by atoms with Crippen molar-refractivity contribution in [2.75, 3.05) is 0 Å². The van der Waals surface area contributed by atoms with Crippen molar-refractivity contribution in [1.29, 1.82) is 0 Å². The summed E-state index contributed by atoms with van der Waals surface area (Å²) in [6, 6.07) is 1.74. The normalized spacial score (nSPS) is 10.3. The molecule has 0 saturated carbocycles. The third-order valence-corrected chi connectivity index (χ3v) is 2.37. The van der Waals surface area contributed by atoms with E-state index < -0.39 is 0 Å².